The predicted molar refractivity (Wildman–Crippen MR) is 102 cm³/mol. The summed E-state index contributed by atoms with van der Waals surface area (Å²) < 4.78 is 0. The van der Waals surface area contributed by atoms with Gasteiger partial charge in [0.2, 0.25) is 5.91 Å². The van der Waals surface area contributed by atoms with Crippen molar-refractivity contribution in [1.82, 2.24) is 15.0 Å². The van der Waals surface area contributed by atoms with E-state index < -0.39 is 6.10 Å². The number of aromatic nitrogens is 3. The topological polar surface area (TPSA) is 88.0 Å². The minimum Gasteiger partial charge on any atom is -0.387 e. The Morgan fingerprint density at radius 3 is 2.54 bits per heavy atom. The zero-order valence-electron chi connectivity index (χ0n) is 15.2. The Morgan fingerprint density at radius 1 is 1.12 bits per heavy atom. The maximum atomic E-state index is 11.2. The molecule has 0 spiro atoms. The number of carbonyl (C=O) groups is 1. The van der Waals surface area contributed by atoms with E-state index in [1.165, 1.54) is 6.92 Å². The highest BCUT2D eigenvalue weighted by atomic mass is 16.3. The highest BCUT2D eigenvalue weighted by Gasteiger charge is 2.12. The van der Waals surface area contributed by atoms with Gasteiger partial charge in [0.05, 0.1) is 17.5 Å². The third-order valence-corrected chi connectivity index (χ3v) is 4.22. The van der Waals surface area contributed by atoms with E-state index in [-0.39, 0.29) is 5.91 Å². The van der Waals surface area contributed by atoms with Crippen molar-refractivity contribution in [2.75, 3.05) is 5.32 Å². The number of amides is 1. The molecule has 0 bridgehead atoms. The maximum absolute atomic E-state index is 11.2. The van der Waals surface area contributed by atoms with Crippen LogP contribution in [0.4, 0.5) is 5.82 Å². The number of aryl methyl sites for hydroxylation is 1. The van der Waals surface area contributed by atoms with Crippen LogP contribution >= 0.6 is 0 Å². The summed E-state index contributed by atoms with van der Waals surface area (Å²) >= 11 is 0. The highest BCUT2D eigenvalue weighted by Crippen LogP contribution is 2.27. The van der Waals surface area contributed by atoms with Gasteiger partial charge in [0.1, 0.15) is 5.82 Å². The fourth-order valence-corrected chi connectivity index (χ4v) is 2.88. The molecule has 26 heavy (non-hydrogen) atoms. The smallest absolute Gasteiger partial charge is 0.222 e. The van der Waals surface area contributed by atoms with Gasteiger partial charge in [-0.25, -0.2) is 4.98 Å². The van der Waals surface area contributed by atoms with Crippen molar-refractivity contribution in [3.63, 3.8) is 0 Å². The van der Waals surface area contributed by atoms with Crippen molar-refractivity contribution in [1.29, 1.82) is 0 Å². The number of nitrogens with zero attached hydrogens (tertiary/aromatic N) is 3. The Bertz CT molecular complexity index is 956. The molecule has 0 aromatic carbocycles. The fourth-order valence-electron chi connectivity index (χ4n) is 2.88. The molecular formula is C20H22N4O2. The lowest BCUT2D eigenvalue weighted by Crippen LogP contribution is -2.07. The van der Waals surface area contributed by atoms with Crippen LogP contribution in [0.25, 0.3) is 22.0 Å². The van der Waals surface area contributed by atoms with E-state index >= 15 is 0 Å². The third kappa shape index (κ3) is 3.86. The summed E-state index contributed by atoms with van der Waals surface area (Å²) in [6.45, 7) is 5.47. The van der Waals surface area contributed by atoms with E-state index in [2.05, 4.69) is 20.3 Å². The fraction of sp³-hybridized carbons (Fsp3) is 0.300. The summed E-state index contributed by atoms with van der Waals surface area (Å²) in [7, 11) is 0. The molecule has 0 fully saturated rings. The molecule has 3 rings (SSSR count). The van der Waals surface area contributed by atoms with Crippen molar-refractivity contribution in [2.45, 2.75) is 39.7 Å². The average Bonchev–Trinajstić information content (AvgIpc) is 2.61. The number of fused-ring (bicyclic) bond motifs is 1. The van der Waals surface area contributed by atoms with E-state index in [4.69, 9.17) is 0 Å². The number of hydrogen-bond donors (Lipinski definition) is 2. The van der Waals surface area contributed by atoms with Gasteiger partial charge in [-0.15, -0.1) is 0 Å². The van der Waals surface area contributed by atoms with Crippen LogP contribution in [-0.4, -0.2) is 26.0 Å². The number of hydrogen-bond acceptors (Lipinski definition) is 5. The molecule has 1 unspecified atom stereocenters. The van der Waals surface area contributed by atoms with Gasteiger partial charge in [0.25, 0.3) is 0 Å². The summed E-state index contributed by atoms with van der Waals surface area (Å²) in [5.41, 5.74) is 3.42. The SMILES string of the molecule is CCCC(O)c1cc(C)c(-c2cc3cnc(NC(C)=O)cc3cn2)cn1. The Balaban J connectivity index is 1.94. The molecule has 3 aromatic rings. The van der Waals surface area contributed by atoms with E-state index in [0.717, 1.165) is 34.0 Å². The lowest BCUT2D eigenvalue weighted by atomic mass is 10.0. The summed E-state index contributed by atoms with van der Waals surface area (Å²) in [5, 5.41) is 14.6. The number of aliphatic hydroxyl groups is 1. The van der Waals surface area contributed by atoms with Gasteiger partial charge in [-0.2, -0.15) is 0 Å². The Kier molecular flexibility index (Phi) is 5.23. The van der Waals surface area contributed by atoms with Gasteiger partial charge in [0.15, 0.2) is 0 Å². The normalized spacial score (nSPS) is 12.2. The second-order valence-corrected chi connectivity index (χ2v) is 6.40. The number of aliphatic hydroxyl groups excluding tert-OH is 1. The molecule has 6 nitrogen and oxygen atoms in total. The second kappa shape index (κ2) is 7.58. The van der Waals surface area contributed by atoms with Crippen LogP contribution in [0.5, 0.6) is 0 Å². The number of pyridine rings is 3. The van der Waals surface area contributed by atoms with Crippen LogP contribution in [0.3, 0.4) is 0 Å². The zero-order valence-corrected chi connectivity index (χ0v) is 15.2. The first kappa shape index (κ1) is 17.9. The second-order valence-electron chi connectivity index (χ2n) is 6.40. The summed E-state index contributed by atoms with van der Waals surface area (Å²) in [4.78, 5) is 24.3. The number of anilines is 1. The third-order valence-electron chi connectivity index (χ3n) is 4.22. The molecule has 134 valence electrons. The minimum atomic E-state index is -0.534. The standard InChI is InChI=1S/C20H22N4O2/c1-4-5-19(26)18-6-12(2)16(11-22-18)17-7-14-10-23-20(24-13(3)25)8-15(14)9-21-17/h6-11,19,26H,4-5H2,1-3H3,(H,23,24,25). The molecule has 1 amide bonds. The van der Waals surface area contributed by atoms with Crippen molar-refractivity contribution in [3.8, 4) is 11.3 Å². The lowest BCUT2D eigenvalue weighted by Gasteiger charge is -2.12. The molecule has 1 atom stereocenters. The molecule has 2 N–H and O–H groups in total. The summed E-state index contributed by atoms with van der Waals surface area (Å²) in [6.07, 6.45) is 6.31. The van der Waals surface area contributed by atoms with Crippen molar-refractivity contribution >= 4 is 22.5 Å². The molecular weight excluding hydrogens is 328 g/mol. The molecule has 0 aliphatic carbocycles. The first-order chi connectivity index (χ1) is 12.5. The minimum absolute atomic E-state index is 0.159. The number of carbonyl (C=O) groups excluding carboxylic acids is 1. The van der Waals surface area contributed by atoms with Crippen LogP contribution in [-0.2, 0) is 4.79 Å². The van der Waals surface area contributed by atoms with E-state index in [1.54, 1.807) is 24.7 Å². The van der Waals surface area contributed by atoms with Crippen molar-refractivity contribution < 1.29 is 9.90 Å². The zero-order chi connectivity index (χ0) is 18.7. The largest absolute Gasteiger partial charge is 0.387 e. The molecule has 0 saturated heterocycles. The van der Waals surface area contributed by atoms with Gasteiger partial charge in [-0.05, 0) is 37.1 Å². The molecule has 0 saturated carbocycles. The first-order valence-electron chi connectivity index (χ1n) is 8.66. The van der Waals surface area contributed by atoms with Crippen LogP contribution < -0.4 is 5.32 Å². The van der Waals surface area contributed by atoms with Crippen molar-refractivity contribution in [3.05, 3.63) is 48.0 Å². The monoisotopic (exact) mass is 350 g/mol. The van der Waals surface area contributed by atoms with Crippen LogP contribution in [0.15, 0.2) is 36.8 Å². The summed E-state index contributed by atoms with van der Waals surface area (Å²) in [6, 6.07) is 5.66. The van der Waals surface area contributed by atoms with Gasteiger partial charge in [-0.1, -0.05) is 13.3 Å². The van der Waals surface area contributed by atoms with Crippen LogP contribution in [0, 0.1) is 6.92 Å². The van der Waals surface area contributed by atoms with E-state index in [9.17, 15) is 9.90 Å². The summed E-state index contributed by atoms with van der Waals surface area (Å²) in [5.74, 6) is 0.347. The highest BCUT2D eigenvalue weighted by molar-refractivity contribution is 5.92. The van der Waals surface area contributed by atoms with Crippen LogP contribution in [0.1, 0.15) is 44.1 Å². The van der Waals surface area contributed by atoms with Gasteiger partial charge in [0, 0.05) is 41.9 Å². The lowest BCUT2D eigenvalue weighted by molar-refractivity contribution is -0.114. The van der Waals surface area contributed by atoms with Gasteiger partial charge in [-0.3, -0.25) is 14.8 Å². The number of nitrogens with one attached hydrogen (secondary N) is 1. The van der Waals surface area contributed by atoms with Crippen molar-refractivity contribution in [2.24, 2.45) is 0 Å². The molecule has 0 aliphatic heterocycles. The Labute approximate surface area is 152 Å². The average molecular weight is 350 g/mol. The Hall–Kier alpha value is -2.86. The molecule has 6 heteroatoms. The first-order valence-corrected chi connectivity index (χ1v) is 8.66. The van der Waals surface area contributed by atoms with E-state index in [0.29, 0.717) is 17.9 Å². The molecule has 3 heterocycles. The molecule has 3 aromatic heterocycles. The van der Waals surface area contributed by atoms with Gasteiger partial charge >= 0.3 is 0 Å². The quantitative estimate of drug-likeness (QED) is 0.731. The number of rotatable bonds is 5. The maximum Gasteiger partial charge on any atom is 0.222 e. The van der Waals surface area contributed by atoms with Gasteiger partial charge < -0.3 is 10.4 Å². The Morgan fingerprint density at radius 2 is 1.85 bits per heavy atom. The molecule has 0 aliphatic rings. The predicted octanol–water partition coefficient (Wildman–Crippen LogP) is 3.79. The van der Waals surface area contributed by atoms with E-state index in [1.807, 2.05) is 26.0 Å². The molecule has 0 radical (unpaired) electrons. The van der Waals surface area contributed by atoms with Crippen LogP contribution in [0.2, 0.25) is 0 Å².